The third kappa shape index (κ3) is 3.38. The molecule has 0 aromatic rings. The average molecular weight is 156 g/mol. The number of ether oxygens (including phenoxy) is 1. The van der Waals surface area contributed by atoms with Gasteiger partial charge in [-0.3, -0.25) is 11.3 Å². The van der Waals surface area contributed by atoms with Crippen molar-refractivity contribution in [3.8, 4) is 12.3 Å². The van der Waals surface area contributed by atoms with Crippen molar-refractivity contribution in [2.24, 2.45) is 5.84 Å². The number of hydrazine groups is 1. The first-order valence-corrected chi connectivity index (χ1v) is 3.72. The Bertz CT molecular complexity index is 127. The summed E-state index contributed by atoms with van der Waals surface area (Å²) < 4.78 is 5.17. The molecule has 0 aromatic heterocycles. The summed E-state index contributed by atoms with van der Waals surface area (Å²) >= 11 is 0. The smallest absolute Gasteiger partial charge is 0.0744 e. The lowest BCUT2D eigenvalue weighted by Crippen LogP contribution is -2.44. The molecule has 0 fully saturated rings. The predicted molar refractivity (Wildman–Crippen MR) is 45.6 cm³/mol. The first kappa shape index (κ1) is 10.4. The van der Waals surface area contributed by atoms with E-state index in [-0.39, 0.29) is 12.1 Å². The molecule has 2 unspecified atom stereocenters. The van der Waals surface area contributed by atoms with Gasteiger partial charge in [-0.05, 0) is 6.42 Å². The van der Waals surface area contributed by atoms with Gasteiger partial charge in [0.1, 0.15) is 0 Å². The van der Waals surface area contributed by atoms with Crippen LogP contribution in [-0.4, -0.2) is 19.3 Å². The number of hydrogen-bond donors (Lipinski definition) is 2. The molecule has 3 nitrogen and oxygen atoms in total. The molecule has 0 aliphatic rings. The van der Waals surface area contributed by atoms with Gasteiger partial charge in [0.25, 0.3) is 0 Å². The van der Waals surface area contributed by atoms with Crippen molar-refractivity contribution in [3.63, 3.8) is 0 Å². The standard InChI is InChI=1S/C8H16N2O/c1-4-6-7(10-9)8(5-2)11-3/h1,7-8,10H,5-6,9H2,2-3H3. The molecule has 3 heteroatoms. The summed E-state index contributed by atoms with van der Waals surface area (Å²) in [6.07, 6.45) is 6.77. The van der Waals surface area contributed by atoms with Gasteiger partial charge in [-0.2, -0.15) is 0 Å². The highest BCUT2D eigenvalue weighted by Gasteiger charge is 2.16. The molecule has 0 saturated carbocycles. The summed E-state index contributed by atoms with van der Waals surface area (Å²) in [6, 6.07) is 0.0648. The minimum Gasteiger partial charge on any atom is -0.380 e. The quantitative estimate of drug-likeness (QED) is 0.341. The van der Waals surface area contributed by atoms with Gasteiger partial charge in [-0.25, -0.2) is 0 Å². The van der Waals surface area contributed by atoms with E-state index in [0.29, 0.717) is 6.42 Å². The number of rotatable bonds is 5. The fourth-order valence-electron chi connectivity index (χ4n) is 1.04. The highest BCUT2D eigenvalue weighted by atomic mass is 16.5. The number of methoxy groups -OCH3 is 1. The molecule has 0 aliphatic heterocycles. The van der Waals surface area contributed by atoms with Crippen LogP contribution in [0.3, 0.4) is 0 Å². The summed E-state index contributed by atoms with van der Waals surface area (Å²) in [5, 5.41) is 0. The van der Waals surface area contributed by atoms with Crippen LogP contribution in [0.5, 0.6) is 0 Å². The molecule has 0 aliphatic carbocycles. The fraction of sp³-hybridized carbons (Fsp3) is 0.750. The van der Waals surface area contributed by atoms with Gasteiger partial charge in [-0.1, -0.05) is 6.92 Å². The van der Waals surface area contributed by atoms with Crippen LogP contribution in [0.15, 0.2) is 0 Å². The minimum absolute atomic E-state index is 0.0648. The normalized spacial score (nSPS) is 15.5. The Kier molecular flexibility index (Phi) is 5.86. The molecule has 3 N–H and O–H groups in total. The van der Waals surface area contributed by atoms with E-state index < -0.39 is 0 Å². The highest BCUT2D eigenvalue weighted by Crippen LogP contribution is 2.04. The van der Waals surface area contributed by atoms with Gasteiger partial charge in [0.15, 0.2) is 0 Å². The lowest BCUT2D eigenvalue weighted by molar-refractivity contribution is 0.0668. The maximum atomic E-state index is 5.29. The molecule has 0 aromatic carbocycles. The molecule has 0 bridgehead atoms. The van der Waals surface area contributed by atoms with E-state index >= 15 is 0 Å². The monoisotopic (exact) mass is 156 g/mol. The van der Waals surface area contributed by atoms with Crippen LogP contribution < -0.4 is 11.3 Å². The Morgan fingerprint density at radius 3 is 2.64 bits per heavy atom. The van der Waals surface area contributed by atoms with Crippen LogP contribution >= 0.6 is 0 Å². The van der Waals surface area contributed by atoms with Crippen LogP contribution in [0, 0.1) is 12.3 Å². The first-order valence-electron chi connectivity index (χ1n) is 3.72. The topological polar surface area (TPSA) is 47.3 Å². The zero-order valence-corrected chi connectivity index (χ0v) is 7.13. The van der Waals surface area contributed by atoms with Crippen LogP contribution in [0.1, 0.15) is 19.8 Å². The third-order valence-corrected chi connectivity index (χ3v) is 1.71. The zero-order valence-electron chi connectivity index (χ0n) is 7.13. The molecular formula is C8H16N2O. The minimum atomic E-state index is 0.0648. The maximum absolute atomic E-state index is 5.29. The second-order valence-electron chi connectivity index (χ2n) is 2.36. The molecule has 0 rings (SSSR count). The lowest BCUT2D eigenvalue weighted by atomic mass is 10.1. The van der Waals surface area contributed by atoms with Crippen molar-refractivity contribution in [1.29, 1.82) is 0 Å². The van der Waals surface area contributed by atoms with Gasteiger partial charge in [0.05, 0.1) is 12.1 Å². The van der Waals surface area contributed by atoms with E-state index in [1.165, 1.54) is 0 Å². The van der Waals surface area contributed by atoms with Gasteiger partial charge in [0.2, 0.25) is 0 Å². The van der Waals surface area contributed by atoms with E-state index in [2.05, 4.69) is 11.3 Å². The molecule has 0 saturated heterocycles. The Morgan fingerprint density at radius 1 is 1.73 bits per heavy atom. The van der Waals surface area contributed by atoms with E-state index in [0.717, 1.165) is 6.42 Å². The van der Waals surface area contributed by atoms with Crippen LogP contribution in [0.4, 0.5) is 0 Å². The van der Waals surface area contributed by atoms with Crippen molar-refractivity contribution >= 4 is 0 Å². The van der Waals surface area contributed by atoms with Crippen LogP contribution in [0.25, 0.3) is 0 Å². The van der Waals surface area contributed by atoms with E-state index in [1.807, 2.05) is 6.92 Å². The van der Waals surface area contributed by atoms with Crippen molar-refractivity contribution in [2.75, 3.05) is 7.11 Å². The Hall–Kier alpha value is -0.560. The first-order chi connectivity index (χ1) is 5.29. The van der Waals surface area contributed by atoms with E-state index in [1.54, 1.807) is 7.11 Å². The third-order valence-electron chi connectivity index (χ3n) is 1.71. The van der Waals surface area contributed by atoms with Crippen molar-refractivity contribution in [1.82, 2.24) is 5.43 Å². The summed E-state index contributed by atoms with van der Waals surface area (Å²) in [5.41, 5.74) is 2.64. The van der Waals surface area contributed by atoms with Crippen molar-refractivity contribution < 1.29 is 4.74 Å². The summed E-state index contributed by atoms with van der Waals surface area (Å²) in [6.45, 7) is 2.04. The Labute approximate surface area is 68.3 Å². The zero-order chi connectivity index (χ0) is 8.69. The lowest BCUT2D eigenvalue weighted by Gasteiger charge is -2.22. The van der Waals surface area contributed by atoms with Gasteiger partial charge in [0, 0.05) is 13.5 Å². The number of terminal acetylenes is 1. The molecule has 2 atom stereocenters. The number of nitrogens with one attached hydrogen (secondary N) is 1. The molecule has 0 heterocycles. The number of hydrogen-bond acceptors (Lipinski definition) is 3. The van der Waals surface area contributed by atoms with Crippen LogP contribution in [-0.2, 0) is 4.74 Å². The Morgan fingerprint density at radius 2 is 2.36 bits per heavy atom. The van der Waals surface area contributed by atoms with Gasteiger partial charge in [-0.15, -0.1) is 12.3 Å². The predicted octanol–water partition coefficient (Wildman–Crippen LogP) is 0.267. The summed E-state index contributed by atoms with van der Waals surface area (Å²) in [4.78, 5) is 0. The second-order valence-corrected chi connectivity index (χ2v) is 2.36. The summed E-state index contributed by atoms with van der Waals surface area (Å²) in [7, 11) is 1.66. The van der Waals surface area contributed by atoms with Gasteiger partial charge < -0.3 is 4.74 Å². The van der Waals surface area contributed by atoms with Gasteiger partial charge >= 0.3 is 0 Å². The second kappa shape index (κ2) is 6.17. The fourth-order valence-corrected chi connectivity index (χ4v) is 1.04. The molecule has 11 heavy (non-hydrogen) atoms. The molecule has 64 valence electrons. The van der Waals surface area contributed by atoms with Crippen LogP contribution in [0.2, 0.25) is 0 Å². The van der Waals surface area contributed by atoms with E-state index in [4.69, 9.17) is 17.0 Å². The van der Waals surface area contributed by atoms with Crippen molar-refractivity contribution in [2.45, 2.75) is 31.9 Å². The average Bonchev–Trinajstić information content (AvgIpc) is 2.05. The molecule has 0 spiro atoms. The summed E-state index contributed by atoms with van der Waals surface area (Å²) in [5.74, 6) is 7.83. The maximum Gasteiger partial charge on any atom is 0.0744 e. The van der Waals surface area contributed by atoms with Crippen molar-refractivity contribution in [3.05, 3.63) is 0 Å². The highest BCUT2D eigenvalue weighted by molar-refractivity contribution is 4.91. The Balaban J connectivity index is 3.89. The molecule has 0 amide bonds. The SMILES string of the molecule is C#CCC(NN)C(CC)OC. The largest absolute Gasteiger partial charge is 0.380 e. The number of nitrogens with two attached hydrogens (primary N) is 1. The van der Waals surface area contributed by atoms with E-state index in [9.17, 15) is 0 Å². The molecular weight excluding hydrogens is 140 g/mol. The molecule has 0 radical (unpaired) electrons.